The number of allylic oxidation sites excluding steroid dienone is 1. The first-order valence-corrected chi connectivity index (χ1v) is 9.02. The van der Waals surface area contributed by atoms with Crippen molar-refractivity contribution in [3.05, 3.63) is 70.8 Å². The zero-order valence-corrected chi connectivity index (χ0v) is 15.2. The minimum Gasteiger partial charge on any atom is -0.508 e. The van der Waals surface area contributed by atoms with Gasteiger partial charge in [-0.05, 0) is 53.7 Å². The number of nitrogens with one attached hydrogen (secondary N) is 1. The second kappa shape index (κ2) is 8.08. The summed E-state index contributed by atoms with van der Waals surface area (Å²) in [5.74, 6) is -1.15. The van der Waals surface area contributed by atoms with Gasteiger partial charge in [0.05, 0.1) is 0 Å². The third-order valence-electron chi connectivity index (χ3n) is 4.90. The average Bonchev–Trinajstić information content (AvgIpc) is 3.05. The van der Waals surface area contributed by atoms with Gasteiger partial charge in [-0.25, -0.2) is 4.79 Å². The number of carbonyl (C=O) groups is 2. The predicted molar refractivity (Wildman–Crippen MR) is 103 cm³/mol. The normalized spacial score (nSPS) is 13.6. The van der Waals surface area contributed by atoms with Crippen LogP contribution in [0, 0.1) is 6.92 Å². The number of hydrogen-bond donors (Lipinski definition) is 3. The molecule has 2 aromatic carbocycles. The number of hydrogen-bond acceptors (Lipinski definition) is 3. The van der Waals surface area contributed by atoms with Gasteiger partial charge in [0, 0.05) is 12.8 Å². The van der Waals surface area contributed by atoms with Gasteiger partial charge in [0.25, 0.3) is 0 Å². The van der Waals surface area contributed by atoms with E-state index in [0.717, 1.165) is 28.7 Å². The minimum atomic E-state index is -1.04. The monoisotopic (exact) mass is 365 g/mol. The van der Waals surface area contributed by atoms with E-state index in [4.69, 9.17) is 0 Å². The first-order chi connectivity index (χ1) is 12.9. The molecule has 2 aromatic rings. The summed E-state index contributed by atoms with van der Waals surface area (Å²) in [6.45, 7) is 1.80. The highest BCUT2D eigenvalue weighted by atomic mass is 16.4. The summed E-state index contributed by atoms with van der Waals surface area (Å²) in [4.78, 5) is 23.9. The van der Waals surface area contributed by atoms with E-state index in [1.165, 1.54) is 5.56 Å². The van der Waals surface area contributed by atoms with Gasteiger partial charge < -0.3 is 15.5 Å². The molecule has 0 aromatic heterocycles. The van der Waals surface area contributed by atoms with Crippen LogP contribution in [0.25, 0.3) is 5.57 Å². The molecule has 0 unspecified atom stereocenters. The van der Waals surface area contributed by atoms with Crippen molar-refractivity contribution >= 4 is 17.4 Å². The Kier molecular flexibility index (Phi) is 5.60. The van der Waals surface area contributed by atoms with Crippen molar-refractivity contribution in [2.24, 2.45) is 0 Å². The van der Waals surface area contributed by atoms with E-state index in [9.17, 15) is 19.8 Å². The Bertz CT molecular complexity index is 901. The van der Waals surface area contributed by atoms with Gasteiger partial charge in [-0.15, -0.1) is 0 Å². The van der Waals surface area contributed by atoms with Crippen molar-refractivity contribution in [3.63, 3.8) is 0 Å². The van der Waals surface area contributed by atoms with Gasteiger partial charge in [-0.3, -0.25) is 4.79 Å². The fraction of sp³-hybridized carbons (Fsp3) is 0.273. The number of phenols is 1. The van der Waals surface area contributed by atoms with Crippen LogP contribution in [0.1, 0.15) is 35.1 Å². The summed E-state index contributed by atoms with van der Waals surface area (Å²) in [5, 5.41) is 21.9. The summed E-state index contributed by atoms with van der Waals surface area (Å²) in [6, 6.07) is 12.3. The molecule has 0 radical (unpaired) electrons. The van der Waals surface area contributed by atoms with E-state index >= 15 is 0 Å². The number of phenolic OH excluding ortho intramolecular Hbond substituents is 1. The Morgan fingerprint density at radius 3 is 2.70 bits per heavy atom. The minimum absolute atomic E-state index is 0.169. The van der Waals surface area contributed by atoms with Crippen molar-refractivity contribution in [2.75, 3.05) is 0 Å². The highest BCUT2D eigenvalue weighted by molar-refractivity contribution is 5.86. The Morgan fingerprint density at radius 1 is 1.19 bits per heavy atom. The third-order valence-corrected chi connectivity index (χ3v) is 4.90. The number of carboxylic acids is 1. The molecule has 1 atom stereocenters. The van der Waals surface area contributed by atoms with Crippen LogP contribution in [0.2, 0.25) is 0 Å². The lowest BCUT2D eigenvalue weighted by molar-refractivity contribution is -0.141. The number of aliphatic carboxylic acids is 1. The molecular weight excluding hydrogens is 342 g/mol. The van der Waals surface area contributed by atoms with Crippen LogP contribution in [0.4, 0.5) is 0 Å². The summed E-state index contributed by atoms with van der Waals surface area (Å²) >= 11 is 0. The average molecular weight is 365 g/mol. The van der Waals surface area contributed by atoms with Gasteiger partial charge >= 0.3 is 5.97 Å². The lowest BCUT2D eigenvalue weighted by atomic mass is 9.99. The van der Waals surface area contributed by atoms with Crippen molar-refractivity contribution in [1.82, 2.24) is 5.32 Å². The van der Waals surface area contributed by atoms with E-state index in [1.807, 2.05) is 36.4 Å². The van der Waals surface area contributed by atoms with Crippen molar-refractivity contribution in [1.29, 1.82) is 0 Å². The molecule has 0 spiro atoms. The van der Waals surface area contributed by atoms with Crippen molar-refractivity contribution < 1.29 is 19.8 Å². The number of aromatic hydroxyl groups is 1. The first-order valence-electron chi connectivity index (χ1n) is 9.02. The van der Waals surface area contributed by atoms with Gasteiger partial charge in [0.1, 0.15) is 11.8 Å². The molecule has 0 fully saturated rings. The molecular formula is C22H23NO4. The standard InChI is InChI=1S/C22H23NO4/c1-14-6-7-15(12-20(14)24)8-11-21(25)23-19(22(26)27)13-17-10-9-16-4-2-3-5-18(16)17/h2-7,10,12,19,24H,8-9,11,13H2,1H3,(H,23,25)(H,26,27)/t19-/m0/s1. The summed E-state index contributed by atoms with van der Waals surface area (Å²) in [5.41, 5.74) is 4.82. The Labute approximate surface area is 158 Å². The maximum atomic E-state index is 12.2. The van der Waals surface area contributed by atoms with E-state index in [0.29, 0.717) is 6.42 Å². The molecule has 1 aliphatic rings. The second-order valence-corrected chi connectivity index (χ2v) is 6.87. The zero-order chi connectivity index (χ0) is 19.4. The third kappa shape index (κ3) is 4.56. The van der Waals surface area contributed by atoms with Crippen molar-refractivity contribution in [3.8, 4) is 5.75 Å². The maximum Gasteiger partial charge on any atom is 0.326 e. The number of amides is 1. The number of carboxylic acid groups (broad SMARTS) is 1. The van der Waals surface area contributed by atoms with Crippen molar-refractivity contribution in [2.45, 2.75) is 38.6 Å². The van der Waals surface area contributed by atoms with Crippen LogP contribution in [0.15, 0.2) is 48.5 Å². The quantitative estimate of drug-likeness (QED) is 0.703. The smallest absolute Gasteiger partial charge is 0.326 e. The molecule has 140 valence electrons. The molecule has 0 saturated carbocycles. The fourth-order valence-electron chi connectivity index (χ4n) is 3.30. The largest absolute Gasteiger partial charge is 0.508 e. The molecule has 5 heteroatoms. The number of carbonyl (C=O) groups excluding carboxylic acids is 1. The number of fused-ring (bicyclic) bond motifs is 1. The summed E-state index contributed by atoms with van der Waals surface area (Å²) in [6.07, 6.45) is 3.70. The van der Waals surface area contributed by atoms with Crippen LogP contribution in [0.5, 0.6) is 5.75 Å². The van der Waals surface area contributed by atoms with Gasteiger partial charge in [0.15, 0.2) is 0 Å². The number of rotatable bonds is 7. The topological polar surface area (TPSA) is 86.6 Å². The van der Waals surface area contributed by atoms with Gasteiger partial charge in [-0.2, -0.15) is 0 Å². The van der Waals surface area contributed by atoms with Crippen LogP contribution in [-0.4, -0.2) is 28.1 Å². The highest BCUT2D eigenvalue weighted by Crippen LogP contribution is 2.30. The lowest BCUT2D eigenvalue weighted by Crippen LogP contribution is -2.41. The first kappa shape index (κ1) is 18.7. The SMILES string of the molecule is Cc1ccc(CCC(=O)N[C@@H](CC2=CCc3ccccc32)C(=O)O)cc1O. The van der Waals surface area contributed by atoms with Gasteiger partial charge in [0.2, 0.25) is 5.91 Å². The molecule has 5 nitrogen and oxygen atoms in total. The number of benzene rings is 2. The predicted octanol–water partition coefficient (Wildman–Crippen LogP) is 3.23. The molecule has 3 rings (SSSR count). The van der Waals surface area contributed by atoms with Crippen LogP contribution in [-0.2, 0) is 22.4 Å². The van der Waals surface area contributed by atoms with E-state index in [1.54, 1.807) is 19.1 Å². The van der Waals surface area contributed by atoms with E-state index < -0.39 is 12.0 Å². The van der Waals surface area contributed by atoms with Crippen LogP contribution >= 0.6 is 0 Å². The molecule has 3 N–H and O–H groups in total. The molecule has 0 bridgehead atoms. The summed E-state index contributed by atoms with van der Waals surface area (Å²) < 4.78 is 0. The molecule has 0 aliphatic heterocycles. The molecule has 0 saturated heterocycles. The Balaban J connectivity index is 1.59. The van der Waals surface area contributed by atoms with Crippen LogP contribution < -0.4 is 5.32 Å². The molecule has 1 amide bonds. The molecule has 1 aliphatic carbocycles. The molecule has 0 heterocycles. The highest BCUT2D eigenvalue weighted by Gasteiger charge is 2.24. The fourth-order valence-corrected chi connectivity index (χ4v) is 3.30. The van der Waals surface area contributed by atoms with Gasteiger partial charge in [-0.1, -0.05) is 42.5 Å². The second-order valence-electron chi connectivity index (χ2n) is 6.87. The lowest BCUT2D eigenvalue weighted by Gasteiger charge is -2.16. The molecule has 27 heavy (non-hydrogen) atoms. The van der Waals surface area contributed by atoms with Crippen LogP contribution in [0.3, 0.4) is 0 Å². The Morgan fingerprint density at radius 2 is 1.96 bits per heavy atom. The maximum absolute atomic E-state index is 12.2. The van der Waals surface area contributed by atoms with E-state index in [-0.39, 0.29) is 24.5 Å². The number of aryl methyl sites for hydroxylation is 2. The Hall–Kier alpha value is -3.08. The summed E-state index contributed by atoms with van der Waals surface area (Å²) in [7, 11) is 0. The van der Waals surface area contributed by atoms with E-state index in [2.05, 4.69) is 5.32 Å². The zero-order valence-electron chi connectivity index (χ0n) is 15.2.